The fourth-order valence-corrected chi connectivity index (χ4v) is 4.42. The number of benzene rings is 2. The Balaban J connectivity index is 1.71. The first kappa shape index (κ1) is 17.7. The summed E-state index contributed by atoms with van der Waals surface area (Å²) in [5.41, 5.74) is 1.02. The molecule has 138 valence electrons. The molecule has 2 aliphatic heterocycles. The van der Waals surface area contributed by atoms with Gasteiger partial charge in [-0.3, -0.25) is 4.90 Å². The topological polar surface area (TPSA) is 9.72 Å². The molecule has 0 atom stereocenters. The Morgan fingerprint density at radius 2 is 1.62 bits per heavy atom. The highest BCUT2D eigenvalue weighted by atomic mass is 32.2. The molecule has 4 rings (SSSR count). The lowest BCUT2D eigenvalue weighted by molar-refractivity contribution is -0.137. The summed E-state index contributed by atoms with van der Waals surface area (Å²) in [5.74, 6) is 0. The average Bonchev–Trinajstić information content (AvgIpc) is 2.62. The highest BCUT2D eigenvalue weighted by Crippen LogP contribution is 2.49. The van der Waals surface area contributed by atoms with Crippen LogP contribution in [-0.2, 0) is 6.18 Å². The van der Waals surface area contributed by atoms with E-state index in [2.05, 4.69) is 16.8 Å². The highest BCUT2D eigenvalue weighted by Gasteiger charge is 2.33. The second-order valence-electron chi connectivity index (χ2n) is 6.74. The van der Waals surface area contributed by atoms with E-state index < -0.39 is 11.7 Å². The van der Waals surface area contributed by atoms with E-state index in [4.69, 9.17) is 0 Å². The maximum atomic E-state index is 13.2. The second-order valence-corrected chi connectivity index (χ2v) is 7.82. The van der Waals surface area contributed by atoms with Gasteiger partial charge in [-0.1, -0.05) is 23.9 Å². The number of para-hydroxylation sites is 1. The van der Waals surface area contributed by atoms with Gasteiger partial charge in [0.2, 0.25) is 0 Å². The molecule has 0 aliphatic carbocycles. The molecular formula is C19H20F3N3S. The van der Waals surface area contributed by atoms with Crippen molar-refractivity contribution in [2.45, 2.75) is 16.0 Å². The number of halogens is 3. The van der Waals surface area contributed by atoms with Crippen LogP contribution in [0, 0.1) is 0 Å². The van der Waals surface area contributed by atoms with Crippen LogP contribution >= 0.6 is 11.8 Å². The summed E-state index contributed by atoms with van der Waals surface area (Å²) in [7, 11) is 2.09. The number of likely N-dealkylation sites (N-methyl/N-ethyl adjacent to an activating group) is 1. The fraction of sp³-hybridized carbons (Fsp3) is 0.368. The highest BCUT2D eigenvalue weighted by molar-refractivity contribution is 7.99. The Kier molecular flexibility index (Phi) is 4.62. The molecule has 0 N–H and O–H groups in total. The Bertz CT molecular complexity index is 801. The number of rotatable bonds is 2. The summed E-state index contributed by atoms with van der Waals surface area (Å²) in [6, 6.07) is 12.0. The largest absolute Gasteiger partial charge is 0.416 e. The monoisotopic (exact) mass is 379 g/mol. The van der Waals surface area contributed by atoms with Crippen molar-refractivity contribution in [3.05, 3.63) is 48.0 Å². The van der Waals surface area contributed by atoms with Crippen molar-refractivity contribution in [3.63, 3.8) is 0 Å². The van der Waals surface area contributed by atoms with Gasteiger partial charge in [0, 0.05) is 36.0 Å². The molecule has 0 saturated carbocycles. The lowest BCUT2D eigenvalue weighted by Crippen LogP contribution is -2.48. The van der Waals surface area contributed by atoms with E-state index in [1.54, 1.807) is 6.07 Å². The lowest BCUT2D eigenvalue weighted by Gasteiger charge is -2.39. The molecule has 0 radical (unpaired) electrons. The third kappa shape index (κ3) is 3.43. The Morgan fingerprint density at radius 1 is 0.923 bits per heavy atom. The van der Waals surface area contributed by atoms with Crippen LogP contribution in [0.2, 0.25) is 0 Å². The van der Waals surface area contributed by atoms with E-state index in [1.165, 1.54) is 23.9 Å². The predicted octanol–water partition coefficient (Wildman–Crippen LogP) is 4.51. The quantitative estimate of drug-likeness (QED) is 0.759. The third-order valence-electron chi connectivity index (χ3n) is 4.89. The molecule has 0 amide bonds. The minimum absolute atomic E-state index is 0.597. The van der Waals surface area contributed by atoms with Gasteiger partial charge in [-0.15, -0.1) is 0 Å². The van der Waals surface area contributed by atoms with E-state index in [0.717, 1.165) is 41.7 Å². The first-order chi connectivity index (χ1) is 12.4. The number of alkyl halides is 3. The normalized spacial score (nSPS) is 18.5. The molecule has 0 bridgehead atoms. The molecule has 2 aliphatic rings. The Labute approximate surface area is 155 Å². The van der Waals surface area contributed by atoms with Crippen LogP contribution in [0.4, 0.5) is 24.5 Å². The summed E-state index contributed by atoms with van der Waals surface area (Å²) in [5, 5.41) is 0. The SMILES string of the molecule is CN1CCN(CN2c3ccccc3Sc3ccc(C(F)(F)F)cc32)CC1. The van der Waals surface area contributed by atoms with Crippen molar-refractivity contribution < 1.29 is 13.2 Å². The van der Waals surface area contributed by atoms with E-state index in [1.807, 2.05) is 29.2 Å². The summed E-state index contributed by atoms with van der Waals surface area (Å²) >= 11 is 1.53. The minimum atomic E-state index is -4.34. The molecule has 1 saturated heterocycles. The third-order valence-corrected chi connectivity index (χ3v) is 6.02. The van der Waals surface area contributed by atoms with Crippen molar-refractivity contribution in [2.75, 3.05) is 44.8 Å². The number of hydrogen-bond acceptors (Lipinski definition) is 4. The van der Waals surface area contributed by atoms with Crippen LogP contribution in [-0.4, -0.2) is 49.7 Å². The van der Waals surface area contributed by atoms with Gasteiger partial charge in [0.15, 0.2) is 0 Å². The molecule has 2 heterocycles. The van der Waals surface area contributed by atoms with Gasteiger partial charge < -0.3 is 9.80 Å². The van der Waals surface area contributed by atoms with Crippen LogP contribution in [0.3, 0.4) is 0 Å². The van der Waals surface area contributed by atoms with Crippen molar-refractivity contribution in [3.8, 4) is 0 Å². The van der Waals surface area contributed by atoms with Crippen molar-refractivity contribution >= 4 is 23.1 Å². The lowest BCUT2D eigenvalue weighted by atomic mass is 10.1. The van der Waals surface area contributed by atoms with Crippen molar-refractivity contribution in [1.29, 1.82) is 0 Å². The fourth-order valence-electron chi connectivity index (χ4n) is 3.35. The van der Waals surface area contributed by atoms with E-state index in [-0.39, 0.29) is 0 Å². The summed E-state index contributed by atoms with van der Waals surface area (Å²) < 4.78 is 39.7. The molecule has 2 aromatic rings. The maximum Gasteiger partial charge on any atom is 0.416 e. The zero-order chi connectivity index (χ0) is 18.3. The number of anilines is 2. The number of nitrogens with zero attached hydrogens (tertiary/aromatic N) is 3. The van der Waals surface area contributed by atoms with Gasteiger partial charge in [-0.05, 0) is 37.4 Å². The molecule has 2 aromatic carbocycles. The molecule has 3 nitrogen and oxygen atoms in total. The van der Waals surface area contributed by atoms with Gasteiger partial charge in [-0.2, -0.15) is 13.2 Å². The summed E-state index contributed by atoms with van der Waals surface area (Å²) in [4.78, 5) is 8.55. The standard InChI is InChI=1S/C19H20F3N3S/c1-23-8-10-24(11-9-23)13-25-15-4-2-3-5-17(15)26-18-7-6-14(12-16(18)25)19(20,21)22/h2-7,12H,8-11,13H2,1H3. The van der Waals surface area contributed by atoms with Gasteiger partial charge >= 0.3 is 6.18 Å². The predicted molar refractivity (Wildman–Crippen MR) is 98.1 cm³/mol. The van der Waals surface area contributed by atoms with E-state index >= 15 is 0 Å². The van der Waals surface area contributed by atoms with Gasteiger partial charge in [0.25, 0.3) is 0 Å². The van der Waals surface area contributed by atoms with Gasteiger partial charge in [0.05, 0.1) is 23.6 Å². The second kappa shape index (κ2) is 6.79. The van der Waals surface area contributed by atoms with E-state index in [9.17, 15) is 13.2 Å². The van der Waals surface area contributed by atoms with Crippen LogP contribution < -0.4 is 4.90 Å². The molecule has 0 unspecified atom stereocenters. The molecule has 7 heteroatoms. The van der Waals surface area contributed by atoms with Crippen LogP contribution in [0.25, 0.3) is 0 Å². The number of fused-ring (bicyclic) bond motifs is 2. The van der Waals surface area contributed by atoms with Gasteiger partial charge in [0.1, 0.15) is 0 Å². The Morgan fingerprint density at radius 3 is 2.35 bits per heavy atom. The summed E-state index contributed by atoms with van der Waals surface area (Å²) in [6.45, 7) is 4.37. The number of piperazine rings is 1. The van der Waals surface area contributed by atoms with E-state index in [0.29, 0.717) is 12.4 Å². The average molecular weight is 379 g/mol. The van der Waals surface area contributed by atoms with Crippen LogP contribution in [0.5, 0.6) is 0 Å². The maximum absolute atomic E-state index is 13.2. The zero-order valence-corrected chi connectivity index (χ0v) is 15.3. The molecular weight excluding hydrogens is 359 g/mol. The van der Waals surface area contributed by atoms with Crippen LogP contribution in [0.1, 0.15) is 5.56 Å². The molecule has 0 spiro atoms. The zero-order valence-electron chi connectivity index (χ0n) is 14.5. The summed E-state index contributed by atoms with van der Waals surface area (Å²) in [6.07, 6.45) is -4.34. The Hall–Kier alpha value is -1.70. The molecule has 26 heavy (non-hydrogen) atoms. The molecule has 1 fully saturated rings. The molecule has 0 aromatic heterocycles. The first-order valence-corrected chi connectivity index (χ1v) is 9.40. The van der Waals surface area contributed by atoms with Gasteiger partial charge in [-0.25, -0.2) is 0 Å². The minimum Gasteiger partial charge on any atom is -0.326 e. The van der Waals surface area contributed by atoms with Crippen molar-refractivity contribution in [2.24, 2.45) is 0 Å². The van der Waals surface area contributed by atoms with Crippen LogP contribution in [0.15, 0.2) is 52.3 Å². The number of hydrogen-bond donors (Lipinski definition) is 0. The smallest absolute Gasteiger partial charge is 0.326 e. The first-order valence-electron chi connectivity index (χ1n) is 8.58. The van der Waals surface area contributed by atoms with Crippen molar-refractivity contribution in [1.82, 2.24) is 9.80 Å².